The van der Waals surface area contributed by atoms with E-state index in [4.69, 9.17) is 9.47 Å². The Morgan fingerprint density at radius 1 is 1.07 bits per heavy atom. The average Bonchev–Trinajstić information content (AvgIpc) is 2.71. The summed E-state index contributed by atoms with van der Waals surface area (Å²) in [5, 5.41) is 2.92. The Bertz CT molecular complexity index is 754. The number of esters is 1. The number of methoxy groups -OCH3 is 1. The third-order valence-electron chi connectivity index (χ3n) is 3.99. The highest BCUT2D eigenvalue weighted by Crippen LogP contribution is 2.18. The summed E-state index contributed by atoms with van der Waals surface area (Å²) in [4.78, 5) is 23.9. The zero-order valence-electron chi connectivity index (χ0n) is 15.7. The molecule has 2 rings (SSSR count). The molecule has 0 aliphatic heterocycles. The number of hydrogen-bond acceptors (Lipinski definition) is 4. The van der Waals surface area contributed by atoms with Gasteiger partial charge in [0, 0.05) is 6.08 Å². The highest BCUT2D eigenvalue weighted by atomic mass is 16.5. The average molecular weight is 367 g/mol. The Morgan fingerprint density at radius 3 is 2.41 bits per heavy atom. The van der Waals surface area contributed by atoms with Crippen molar-refractivity contribution in [1.82, 2.24) is 5.32 Å². The molecule has 2 aromatic carbocycles. The second-order valence-electron chi connectivity index (χ2n) is 6.03. The number of carbonyl (C=O) groups is 2. The van der Waals surface area contributed by atoms with Crippen LogP contribution in [0.1, 0.15) is 36.9 Å². The van der Waals surface area contributed by atoms with Crippen molar-refractivity contribution in [3.05, 3.63) is 71.8 Å². The van der Waals surface area contributed by atoms with E-state index in [2.05, 4.69) is 12.2 Å². The topological polar surface area (TPSA) is 64.6 Å². The maximum absolute atomic E-state index is 12.1. The summed E-state index contributed by atoms with van der Waals surface area (Å²) in [5.74, 6) is -0.136. The smallest absolute Gasteiger partial charge is 0.331 e. The fourth-order valence-corrected chi connectivity index (χ4v) is 2.60. The number of hydrogen-bond donors (Lipinski definition) is 1. The highest BCUT2D eigenvalue weighted by Gasteiger charge is 2.14. The molecule has 27 heavy (non-hydrogen) atoms. The zero-order valence-corrected chi connectivity index (χ0v) is 15.7. The summed E-state index contributed by atoms with van der Waals surface area (Å²) < 4.78 is 10.1. The van der Waals surface area contributed by atoms with E-state index in [0.717, 1.165) is 29.7 Å². The van der Waals surface area contributed by atoms with Crippen LogP contribution < -0.4 is 10.1 Å². The normalized spacial score (nSPS) is 11.8. The number of amides is 1. The first kappa shape index (κ1) is 20.2. The lowest BCUT2D eigenvalue weighted by Gasteiger charge is -2.18. The first-order chi connectivity index (χ1) is 13.1. The zero-order chi connectivity index (χ0) is 19.5. The Balaban J connectivity index is 1.82. The largest absolute Gasteiger partial charge is 0.497 e. The van der Waals surface area contributed by atoms with Crippen LogP contribution in [0.4, 0.5) is 0 Å². The number of rotatable bonds is 9. The minimum absolute atomic E-state index is 0.0859. The summed E-state index contributed by atoms with van der Waals surface area (Å²) in [5.41, 5.74) is 1.88. The van der Waals surface area contributed by atoms with Gasteiger partial charge in [0.05, 0.1) is 13.2 Å². The molecule has 1 N–H and O–H groups in total. The first-order valence-electron chi connectivity index (χ1n) is 8.95. The van der Waals surface area contributed by atoms with Crippen molar-refractivity contribution in [1.29, 1.82) is 0 Å². The van der Waals surface area contributed by atoms with E-state index in [1.807, 2.05) is 42.5 Å². The minimum Gasteiger partial charge on any atom is -0.497 e. The summed E-state index contributed by atoms with van der Waals surface area (Å²) in [6.07, 6.45) is 4.69. The predicted octanol–water partition coefficient (Wildman–Crippen LogP) is 3.91. The fraction of sp³-hybridized carbons (Fsp3) is 0.273. The van der Waals surface area contributed by atoms with Crippen LogP contribution in [0, 0.1) is 0 Å². The monoisotopic (exact) mass is 367 g/mol. The van der Waals surface area contributed by atoms with Gasteiger partial charge in [-0.2, -0.15) is 0 Å². The van der Waals surface area contributed by atoms with Crippen molar-refractivity contribution in [3.8, 4) is 5.75 Å². The highest BCUT2D eigenvalue weighted by molar-refractivity contribution is 5.89. The van der Waals surface area contributed by atoms with Gasteiger partial charge in [-0.15, -0.1) is 0 Å². The Labute approximate surface area is 160 Å². The molecule has 0 spiro atoms. The van der Waals surface area contributed by atoms with Gasteiger partial charge in [0.1, 0.15) is 5.75 Å². The molecule has 0 bridgehead atoms. The summed E-state index contributed by atoms with van der Waals surface area (Å²) >= 11 is 0. The van der Waals surface area contributed by atoms with Crippen molar-refractivity contribution in [2.45, 2.75) is 25.8 Å². The molecule has 0 aromatic heterocycles. The second-order valence-corrected chi connectivity index (χ2v) is 6.03. The van der Waals surface area contributed by atoms with Crippen molar-refractivity contribution in [2.24, 2.45) is 0 Å². The van der Waals surface area contributed by atoms with E-state index in [1.165, 1.54) is 6.08 Å². The first-order valence-corrected chi connectivity index (χ1v) is 8.95. The molecule has 5 nitrogen and oxygen atoms in total. The van der Waals surface area contributed by atoms with Crippen LogP contribution in [0.5, 0.6) is 5.75 Å². The molecule has 0 radical (unpaired) electrons. The van der Waals surface area contributed by atoms with Crippen LogP contribution in [0.2, 0.25) is 0 Å². The van der Waals surface area contributed by atoms with Gasteiger partial charge in [0.25, 0.3) is 5.91 Å². The lowest BCUT2D eigenvalue weighted by atomic mass is 10.0. The van der Waals surface area contributed by atoms with Crippen LogP contribution in [0.3, 0.4) is 0 Å². The van der Waals surface area contributed by atoms with E-state index < -0.39 is 5.97 Å². The van der Waals surface area contributed by atoms with Crippen molar-refractivity contribution in [2.75, 3.05) is 13.7 Å². The second kappa shape index (κ2) is 10.8. The molecule has 0 heterocycles. The summed E-state index contributed by atoms with van der Waals surface area (Å²) in [7, 11) is 1.59. The molecule has 0 aliphatic carbocycles. The van der Waals surface area contributed by atoms with Gasteiger partial charge in [0.2, 0.25) is 0 Å². The van der Waals surface area contributed by atoms with E-state index in [0.29, 0.717) is 0 Å². The van der Waals surface area contributed by atoms with Gasteiger partial charge >= 0.3 is 5.97 Å². The van der Waals surface area contributed by atoms with Gasteiger partial charge in [0.15, 0.2) is 6.61 Å². The number of nitrogens with one attached hydrogen (secondary N) is 1. The number of carbonyl (C=O) groups excluding carboxylic acids is 2. The van der Waals surface area contributed by atoms with E-state index in [1.54, 1.807) is 25.3 Å². The van der Waals surface area contributed by atoms with E-state index in [9.17, 15) is 9.59 Å². The molecule has 1 atom stereocenters. The van der Waals surface area contributed by atoms with Gasteiger partial charge in [-0.05, 0) is 35.8 Å². The minimum atomic E-state index is -0.562. The maximum atomic E-state index is 12.1. The molecule has 1 amide bonds. The van der Waals surface area contributed by atoms with Crippen LogP contribution in [-0.4, -0.2) is 25.6 Å². The lowest BCUT2D eigenvalue weighted by molar-refractivity contribution is -0.144. The van der Waals surface area contributed by atoms with Crippen molar-refractivity contribution >= 4 is 18.0 Å². The summed E-state index contributed by atoms with van der Waals surface area (Å²) in [6, 6.07) is 16.9. The Kier molecular flexibility index (Phi) is 8.10. The van der Waals surface area contributed by atoms with E-state index >= 15 is 0 Å². The van der Waals surface area contributed by atoms with E-state index in [-0.39, 0.29) is 18.6 Å². The number of benzene rings is 2. The van der Waals surface area contributed by atoms with Crippen molar-refractivity contribution < 1.29 is 19.1 Å². The van der Waals surface area contributed by atoms with Crippen LogP contribution >= 0.6 is 0 Å². The van der Waals surface area contributed by atoms with Crippen molar-refractivity contribution in [3.63, 3.8) is 0 Å². The maximum Gasteiger partial charge on any atom is 0.331 e. The molecule has 0 saturated heterocycles. The molecular weight excluding hydrogens is 342 g/mol. The molecule has 0 fully saturated rings. The third kappa shape index (κ3) is 6.98. The molecule has 0 unspecified atom stereocenters. The van der Waals surface area contributed by atoms with Crippen LogP contribution in [0.15, 0.2) is 60.7 Å². The third-order valence-corrected chi connectivity index (χ3v) is 3.99. The molecule has 0 aliphatic rings. The standard InChI is InChI=1S/C22H25NO4/c1-3-7-20(18-8-5-4-6-9-18)23-21(24)16-27-22(25)15-12-17-10-13-19(26-2)14-11-17/h4-6,8-15,20H,3,7,16H2,1-2H3,(H,23,24)/b15-12+/t20-/m0/s1. The molecular formula is C22H25NO4. The number of ether oxygens (including phenoxy) is 2. The van der Waals surface area contributed by atoms with Crippen LogP contribution in [0.25, 0.3) is 6.08 Å². The van der Waals surface area contributed by atoms with Gasteiger partial charge in [-0.25, -0.2) is 4.79 Å². The quantitative estimate of drug-likeness (QED) is 0.539. The molecule has 2 aromatic rings. The molecule has 142 valence electrons. The predicted molar refractivity (Wildman–Crippen MR) is 105 cm³/mol. The Morgan fingerprint density at radius 2 is 1.78 bits per heavy atom. The summed E-state index contributed by atoms with van der Waals surface area (Å²) in [6.45, 7) is 1.75. The lowest BCUT2D eigenvalue weighted by Crippen LogP contribution is -2.32. The van der Waals surface area contributed by atoms with Crippen LogP contribution in [-0.2, 0) is 14.3 Å². The van der Waals surface area contributed by atoms with Gasteiger partial charge < -0.3 is 14.8 Å². The Hall–Kier alpha value is -3.08. The SMILES string of the molecule is CCC[C@H](NC(=O)COC(=O)/C=C/c1ccc(OC)cc1)c1ccccc1. The fourth-order valence-electron chi connectivity index (χ4n) is 2.60. The van der Waals surface area contributed by atoms with Gasteiger partial charge in [-0.1, -0.05) is 55.8 Å². The molecule has 0 saturated carbocycles. The van der Waals surface area contributed by atoms with Gasteiger partial charge in [-0.3, -0.25) is 4.79 Å². The molecule has 5 heteroatoms.